The number of aryl methyl sites for hydroxylation is 1. The van der Waals surface area contributed by atoms with Gasteiger partial charge in [-0.05, 0) is 45.1 Å². The Labute approximate surface area is 119 Å². The molecule has 0 saturated carbocycles. The van der Waals surface area contributed by atoms with Crippen LogP contribution in [-0.4, -0.2) is 35.1 Å². The largest absolute Gasteiger partial charge is 0.350 e. The normalized spacial score (nSPS) is 27.0. The van der Waals surface area contributed by atoms with Crippen molar-refractivity contribution < 1.29 is 4.39 Å². The number of hydrogen-bond donors (Lipinski definition) is 1. The van der Waals surface area contributed by atoms with E-state index in [9.17, 15) is 4.39 Å². The maximum atomic E-state index is 14.5. The van der Waals surface area contributed by atoms with Gasteiger partial charge in [0.25, 0.3) is 0 Å². The molecule has 2 atom stereocenters. The molecule has 3 heterocycles. The monoisotopic (exact) mass is 278 g/mol. The molecule has 2 aliphatic heterocycles. The van der Waals surface area contributed by atoms with E-state index in [0.29, 0.717) is 30.0 Å². The fourth-order valence-corrected chi connectivity index (χ4v) is 3.52. The predicted molar refractivity (Wildman–Crippen MR) is 77.4 cm³/mol. The van der Waals surface area contributed by atoms with Gasteiger partial charge in [0.2, 0.25) is 0 Å². The van der Waals surface area contributed by atoms with Crippen LogP contribution in [-0.2, 0) is 6.42 Å². The van der Waals surface area contributed by atoms with E-state index in [1.165, 1.54) is 25.6 Å². The van der Waals surface area contributed by atoms with Gasteiger partial charge in [-0.15, -0.1) is 0 Å². The second-order valence-electron chi connectivity index (χ2n) is 5.77. The van der Waals surface area contributed by atoms with E-state index in [1.54, 1.807) is 0 Å². The first kappa shape index (κ1) is 13.7. The SMILES string of the molecule is CCc1ncnc(N2CCCCC2C2CCCN2)c1F. The van der Waals surface area contributed by atoms with E-state index in [2.05, 4.69) is 20.2 Å². The Hall–Kier alpha value is -1.23. The Bertz CT molecular complexity index is 459. The lowest BCUT2D eigenvalue weighted by Crippen LogP contribution is -2.51. The molecule has 1 aromatic rings. The molecular weight excluding hydrogens is 255 g/mol. The van der Waals surface area contributed by atoms with E-state index in [4.69, 9.17) is 0 Å². The molecule has 0 amide bonds. The molecule has 0 bridgehead atoms. The van der Waals surface area contributed by atoms with Crippen molar-refractivity contribution >= 4 is 5.82 Å². The van der Waals surface area contributed by atoms with Crippen LogP contribution in [0.5, 0.6) is 0 Å². The first-order valence-corrected chi connectivity index (χ1v) is 7.80. The van der Waals surface area contributed by atoms with Crippen molar-refractivity contribution in [3.05, 3.63) is 17.8 Å². The Morgan fingerprint density at radius 3 is 2.95 bits per heavy atom. The molecule has 0 spiro atoms. The fourth-order valence-electron chi connectivity index (χ4n) is 3.52. The van der Waals surface area contributed by atoms with Crippen LogP contribution in [0.15, 0.2) is 6.33 Å². The van der Waals surface area contributed by atoms with Crippen LogP contribution in [0, 0.1) is 5.82 Å². The van der Waals surface area contributed by atoms with E-state index in [0.717, 1.165) is 25.9 Å². The molecule has 2 saturated heterocycles. The molecule has 110 valence electrons. The topological polar surface area (TPSA) is 41.1 Å². The summed E-state index contributed by atoms with van der Waals surface area (Å²) in [7, 11) is 0. The summed E-state index contributed by atoms with van der Waals surface area (Å²) in [6.45, 7) is 3.92. The van der Waals surface area contributed by atoms with Crippen LogP contribution in [0.25, 0.3) is 0 Å². The zero-order chi connectivity index (χ0) is 13.9. The molecule has 5 heteroatoms. The number of aromatic nitrogens is 2. The highest BCUT2D eigenvalue weighted by atomic mass is 19.1. The minimum Gasteiger partial charge on any atom is -0.350 e. The summed E-state index contributed by atoms with van der Waals surface area (Å²) in [6, 6.07) is 0.857. The number of halogens is 1. The second-order valence-corrected chi connectivity index (χ2v) is 5.77. The average Bonchev–Trinajstić information content (AvgIpc) is 3.02. The third-order valence-electron chi connectivity index (χ3n) is 4.56. The molecule has 2 aliphatic rings. The minimum atomic E-state index is -0.222. The van der Waals surface area contributed by atoms with E-state index >= 15 is 0 Å². The highest BCUT2D eigenvalue weighted by Gasteiger charge is 2.33. The summed E-state index contributed by atoms with van der Waals surface area (Å²) in [5.41, 5.74) is 0.527. The predicted octanol–water partition coefficient (Wildman–Crippen LogP) is 2.29. The smallest absolute Gasteiger partial charge is 0.187 e. The van der Waals surface area contributed by atoms with Crippen LogP contribution < -0.4 is 10.2 Å². The van der Waals surface area contributed by atoms with Crippen LogP contribution in [0.3, 0.4) is 0 Å². The summed E-state index contributed by atoms with van der Waals surface area (Å²) in [5, 5.41) is 3.57. The van der Waals surface area contributed by atoms with Crippen molar-refractivity contribution in [1.82, 2.24) is 15.3 Å². The number of nitrogens with one attached hydrogen (secondary N) is 1. The third-order valence-corrected chi connectivity index (χ3v) is 4.56. The van der Waals surface area contributed by atoms with E-state index < -0.39 is 0 Å². The van der Waals surface area contributed by atoms with E-state index in [-0.39, 0.29) is 5.82 Å². The molecule has 2 unspecified atom stereocenters. The zero-order valence-corrected chi connectivity index (χ0v) is 12.1. The lowest BCUT2D eigenvalue weighted by molar-refractivity contribution is 0.371. The molecular formula is C15H23FN4. The maximum absolute atomic E-state index is 14.5. The number of piperidine rings is 1. The quantitative estimate of drug-likeness (QED) is 0.921. The molecule has 0 aliphatic carbocycles. The van der Waals surface area contributed by atoms with Gasteiger partial charge >= 0.3 is 0 Å². The van der Waals surface area contributed by atoms with Gasteiger partial charge in [0.05, 0.1) is 5.69 Å². The highest BCUT2D eigenvalue weighted by molar-refractivity contribution is 5.43. The molecule has 20 heavy (non-hydrogen) atoms. The van der Waals surface area contributed by atoms with Crippen molar-refractivity contribution in [2.24, 2.45) is 0 Å². The van der Waals surface area contributed by atoms with Crippen molar-refractivity contribution in [2.75, 3.05) is 18.0 Å². The van der Waals surface area contributed by atoms with Crippen LogP contribution in [0.2, 0.25) is 0 Å². The van der Waals surface area contributed by atoms with Gasteiger partial charge in [-0.1, -0.05) is 6.92 Å². The Balaban J connectivity index is 1.89. The Morgan fingerprint density at radius 1 is 1.30 bits per heavy atom. The molecule has 1 aromatic heterocycles. The number of nitrogens with zero attached hydrogens (tertiary/aromatic N) is 3. The summed E-state index contributed by atoms with van der Waals surface area (Å²) in [5.74, 6) is 0.287. The Kier molecular flexibility index (Phi) is 4.15. The van der Waals surface area contributed by atoms with Crippen molar-refractivity contribution in [3.8, 4) is 0 Å². The standard InChI is InChI=1S/C15H23FN4/c1-2-11-14(16)15(19-10-18-11)20-9-4-3-7-13(20)12-6-5-8-17-12/h10,12-13,17H,2-9H2,1H3. The van der Waals surface area contributed by atoms with Gasteiger partial charge < -0.3 is 10.2 Å². The number of rotatable bonds is 3. The number of anilines is 1. The Morgan fingerprint density at radius 2 is 2.20 bits per heavy atom. The maximum Gasteiger partial charge on any atom is 0.187 e. The van der Waals surface area contributed by atoms with Gasteiger partial charge in [0.1, 0.15) is 6.33 Å². The summed E-state index contributed by atoms with van der Waals surface area (Å²) >= 11 is 0. The summed E-state index contributed by atoms with van der Waals surface area (Å²) < 4.78 is 14.5. The van der Waals surface area contributed by atoms with E-state index in [1.807, 2.05) is 6.92 Å². The van der Waals surface area contributed by atoms with Gasteiger partial charge in [-0.25, -0.2) is 14.4 Å². The van der Waals surface area contributed by atoms with Crippen LogP contribution in [0.1, 0.15) is 44.7 Å². The van der Waals surface area contributed by atoms with Crippen LogP contribution in [0.4, 0.5) is 10.2 Å². The van der Waals surface area contributed by atoms with Crippen molar-refractivity contribution in [2.45, 2.75) is 57.5 Å². The fraction of sp³-hybridized carbons (Fsp3) is 0.733. The summed E-state index contributed by atoms with van der Waals surface area (Å²) in [4.78, 5) is 10.5. The molecule has 0 radical (unpaired) electrons. The van der Waals surface area contributed by atoms with Crippen molar-refractivity contribution in [1.29, 1.82) is 0 Å². The summed E-state index contributed by atoms with van der Waals surface area (Å²) in [6.07, 6.45) is 8.01. The van der Waals surface area contributed by atoms with Crippen molar-refractivity contribution in [3.63, 3.8) is 0 Å². The molecule has 4 nitrogen and oxygen atoms in total. The van der Waals surface area contributed by atoms with Gasteiger partial charge in [-0.2, -0.15) is 0 Å². The molecule has 1 N–H and O–H groups in total. The first-order valence-electron chi connectivity index (χ1n) is 7.80. The first-order chi connectivity index (χ1) is 9.81. The lowest BCUT2D eigenvalue weighted by atomic mass is 9.94. The zero-order valence-electron chi connectivity index (χ0n) is 12.1. The third kappa shape index (κ3) is 2.51. The average molecular weight is 278 g/mol. The number of hydrogen-bond acceptors (Lipinski definition) is 4. The van der Waals surface area contributed by atoms with Gasteiger partial charge in [-0.3, -0.25) is 0 Å². The molecule has 0 aromatic carbocycles. The second kappa shape index (κ2) is 6.04. The minimum absolute atomic E-state index is 0.222. The molecule has 3 rings (SSSR count). The molecule has 2 fully saturated rings. The lowest BCUT2D eigenvalue weighted by Gasteiger charge is -2.40. The van der Waals surface area contributed by atoms with Gasteiger partial charge in [0, 0.05) is 18.6 Å². The highest BCUT2D eigenvalue weighted by Crippen LogP contribution is 2.30. The van der Waals surface area contributed by atoms with Crippen LogP contribution >= 0.6 is 0 Å². The van der Waals surface area contributed by atoms with Gasteiger partial charge in [0.15, 0.2) is 11.6 Å².